The molecule has 0 N–H and O–H groups in total. The zero-order valence-corrected chi connectivity index (χ0v) is 21.6. The molecule has 2 aromatic carbocycles. The Morgan fingerprint density at radius 3 is 1.82 bits per heavy atom. The minimum atomic E-state index is -0.628. The number of aliphatic imine (C=N–C) groups is 1. The second-order valence-electron chi connectivity index (χ2n) is 10.9. The Labute approximate surface area is 205 Å². The van der Waals surface area contributed by atoms with Gasteiger partial charge in [0.1, 0.15) is 11.6 Å². The van der Waals surface area contributed by atoms with Gasteiger partial charge in [0.15, 0.2) is 0 Å². The van der Waals surface area contributed by atoms with Crippen molar-refractivity contribution < 1.29 is 18.8 Å². The fraction of sp³-hybridized carbons (Fsp3) is 0.500. The van der Waals surface area contributed by atoms with Crippen LogP contribution in [0.4, 0.5) is 0 Å². The molecule has 0 amide bonds. The van der Waals surface area contributed by atoms with Crippen molar-refractivity contribution in [3.05, 3.63) is 71.8 Å². The molecule has 3 rings (SSSR count). The Hall–Kier alpha value is -2.44. The van der Waals surface area contributed by atoms with E-state index in [0.29, 0.717) is 12.7 Å². The predicted octanol–water partition coefficient (Wildman–Crippen LogP) is 6.11. The minimum absolute atomic E-state index is 0.295. The SMILES string of the molecule is CC(C)(C)OC(=O)C(CCCB1OC(C)(C)C(C)(C)O1)N=C(c1ccccc1)c1ccccc1. The maximum Gasteiger partial charge on any atom is 0.457 e. The molecule has 0 aliphatic carbocycles. The maximum atomic E-state index is 13.2. The van der Waals surface area contributed by atoms with E-state index < -0.39 is 11.6 Å². The van der Waals surface area contributed by atoms with Crippen molar-refractivity contribution in [1.29, 1.82) is 0 Å². The lowest BCUT2D eigenvalue weighted by Crippen LogP contribution is -2.41. The van der Waals surface area contributed by atoms with Crippen LogP contribution in [0.2, 0.25) is 6.32 Å². The van der Waals surface area contributed by atoms with Gasteiger partial charge in [-0.05, 0) is 61.2 Å². The van der Waals surface area contributed by atoms with Crippen molar-refractivity contribution in [1.82, 2.24) is 0 Å². The van der Waals surface area contributed by atoms with Crippen LogP contribution in [-0.2, 0) is 18.8 Å². The summed E-state index contributed by atoms with van der Waals surface area (Å²) in [5.74, 6) is -0.314. The molecule has 1 atom stereocenters. The van der Waals surface area contributed by atoms with Gasteiger partial charge >= 0.3 is 13.1 Å². The standard InChI is InChI=1S/C28H38BNO4/c1-26(2,3)32-25(31)23(19-14-20-29-33-27(4,5)28(6,7)34-29)30-24(21-15-10-8-11-16-21)22-17-12-9-13-18-22/h8-13,15-18,23H,14,19-20H2,1-7H3. The first-order chi connectivity index (χ1) is 15.9. The molecule has 182 valence electrons. The second-order valence-corrected chi connectivity index (χ2v) is 10.9. The van der Waals surface area contributed by atoms with Gasteiger partial charge in [-0.2, -0.15) is 0 Å². The van der Waals surface area contributed by atoms with E-state index in [1.165, 1.54) is 0 Å². The minimum Gasteiger partial charge on any atom is -0.458 e. The lowest BCUT2D eigenvalue weighted by molar-refractivity contribution is -0.156. The molecule has 1 aliphatic rings. The lowest BCUT2D eigenvalue weighted by atomic mass is 9.82. The Bertz CT molecular complexity index is 923. The molecule has 1 fully saturated rings. The fourth-order valence-corrected chi connectivity index (χ4v) is 3.83. The second kappa shape index (κ2) is 10.4. The van der Waals surface area contributed by atoms with Crippen LogP contribution in [0, 0.1) is 0 Å². The van der Waals surface area contributed by atoms with Crippen molar-refractivity contribution in [2.45, 2.75) is 90.5 Å². The fourth-order valence-electron chi connectivity index (χ4n) is 3.83. The molecule has 1 aliphatic heterocycles. The van der Waals surface area contributed by atoms with Crippen molar-refractivity contribution in [2.75, 3.05) is 0 Å². The summed E-state index contributed by atoms with van der Waals surface area (Å²) in [5, 5.41) is 0. The first kappa shape index (κ1) is 26.2. The third-order valence-electron chi connectivity index (χ3n) is 6.28. The van der Waals surface area contributed by atoms with Gasteiger partial charge in [-0.15, -0.1) is 0 Å². The molecule has 6 heteroatoms. The van der Waals surface area contributed by atoms with Gasteiger partial charge in [0, 0.05) is 11.1 Å². The van der Waals surface area contributed by atoms with Crippen LogP contribution < -0.4 is 0 Å². The smallest absolute Gasteiger partial charge is 0.457 e. The number of hydrogen-bond donors (Lipinski definition) is 0. The molecule has 2 aromatic rings. The highest BCUT2D eigenvalue weighted by Crippen LogP contribution is 2.38. The molecular formula is C28H38BNO4. The summed E-state index contributed by atoms with van der Waals surface area (Å²) in [4.78, 5) is 18.2. The summed E-state index contributed by atoms with van der Waals surface area (Å²) < 4.78 is 18.0. The summed E-state index contributed by atoms with van der Waals surface area (Å²) in [5.41, 5.74) is 1.40. The van der Waals surface area contributed by atoms with Crippen molar-refractivity contribution >= 4 is 18.8 Å². The van der Waals surface area contributed by atoms with Crippen molar-refractivity contribution in [2.24, 2.45) is 4.99 Å². The van der Waals surface area contributed by atoms with Gasteiger partial charge in [-0.3, -0.25) is 4.99 Å². The van der Waals surface area contributed by atoms with Crippen LogP contribution in [0.1, 0.15) is 72.4 Å². The number of rotatable bonds is 8. The Morgan fingerprint density at radius 2 is 1.38 bits per heavy atom. The van der Waals surface area contributed by atoms with Crippen LogP contribution in [0.15, 0.2) is 65.7 Å². The first-order valence-corrected chi connectivity index (χ1v) is 12.2. The molecule has 1 heterocycles. The van der Waals surface area contributed by atoms with E-state index in [2.05, 4.69) is 0 Å². The topological polar surface area (TPSA) is 57.1 Å². The van der Waals surface area contributed by atoms with Crippen molar-refractivity contribution in [3.8, 4) is 0 Å². The highest BCUT2D eigenvalue weighted by atomic mass is 16.7. The van der Waals surface area contributed by atoms with E-state index in [0.717, 1.165) is 23.3 Å². The van der Waals surface area contributed by atoms with Gasteiger partial charge in [0.05, 0.1) is 16.9 Å². The molecular weight excluding hydrogens is 425 g/mol. The molecule has 5 nitrogen and oxygen atoms in total. The van der Waals surface area contributed by atoms with E-state index in [9.17, 15) is 4.79 Å². The molecule has 1 unspecified atom stereocenters. The zero-order valence-electron chi connectivity index (χ0n) is 21.6. The normalized spacial score (nSPS) is 17.8. The van der Waals surface area contributed by atoms with Crippen LogP contribution in [0.25, 0.3) is 0 Å². The first-order valence-electron chi connectivity index (χ1n) is 12.2. The molecule has 0 spiro atoms. The monoisotopic (exact) mass is 463 g/mol. The van der Waals surface area contributed by atoms with E-state index >= 15 is 0 Å². The molecule has 34 heavy (non-hydrogen) atoms. The number of esters is 1. The predicted molar refractivity (Wildman–Crippen MR) is 138 cm³/mol. The van der Waals surface area contributed by atoms with Crippen LogP contribution in [0.5, 0.6) is 0 Å². The third-order valence-corrected chi connectivity index (χ3v) is 6.28. The Morgan fingerprint density at radius 1 is 0.912 bits per heavy atom. The van der Waals surface area contributed by atoms with Gasteiger partial charge < -0.3 is 14.0 Å². The maximum absolute atomic E-state index is 13.2. The largest absolute Gasteiger partial charge is 0.458 e. The number of nitrogens with zero attached hydrogens (tertiary/aromatic N) is 1. The lowest BCUT2D eigenvalue weighted by Gasteiger charge is -2.32. The molecule has 0 aromatic heterocycles. The molecule has 0 radical (unpaired) electrons. The van der Waals surface area contributed by atoms with Crippen LogP contribution in [-0.4, -0.2) is 41.6 Å². The van der Waals surface area contributed by atoms with Gasteiger partial charge in [0.2, 0.25) is 0 Å². The van der Waals surface area contributed by atoms with Gasteiger partial charge in [0.25, 0.3) is 0 Å². The third kappa shape index (κ3) is 6.80. The summed E-state index contributed by atoms with van der Waals surface area (Å²) in [6.45, 7) is 13.8. The molecule has 1 saturated heterocycles. The number of ether oxygens (including phenoxy) is 1. The van der Waals surface area contributed by atoms with E-state index in [4.69, 9.17) is 19.0 Å². The summed E-state index contributed by atoms with van der Waals surface area (Å²) in [6, 6.07) is 19.3. The average Bonchev–Trinajstić information content (AvgIpc) is 2.96. The highest BCUT2D eigenvalue weighted by Gasteiger charge is 2.50. The van der Waals surface area contributed by atoms with Gasteiger partial charge in [-0.25, -0.2) is 4.79 Å². The zero-order chi connectivity index (χ0) is 25.0. The average molecular weight is 463 g/mol. The van der Waals surface area contributed by atoms with Crippen LogP contribution in [0.3, 0.4) is 0 Å². The summed E-state index contributed by atoms with van der Waals surface area (Å²) >= 11 is 0. The summed E-state index contributed by atoms with van der Waals surface area (Å²) in [7, 11) is -0.295. The summed E-state index contributed by atoms with van der Waals surface area (Å²) in [6.07, 6.45) is 1.96. The van der Waals surface area contributed by atoms with E-state index in [1.807, 2.05) is 109 Å². The van der Waals surface area contributed by atoms with Crippen LogP contribution >= 0.6 is 0 Å². The van der Waals surface area contributed by atoms with E-state index in [1.54, 1.807) is 0 Å². The number of carbonyl (C=O) groups is 1. The molecule has 0 saturated carbocycles. The highest BCUT2D eigenvalue weighted by molar-refractivity contribution is 6.45. The Balaban J connectivity index is 1.84. The number of carbonyl (C=O) groups excluding carboxylic acids is 1. The number of benzene rings is 2. The molecule has 0 bridgehead atoms. The van der Waals surface area contributed by atoms with Crippen molar-refractivity contribution in [3.63, 3.8) is 0 Å². The van der Waals surface area contributed by atoms with E-state index in [-0.39, 0.29) is 24.3 Å². The quantitative estimate of drug-likeness (QED) is 0.269. The Kier molecular flexibility index (Phi) is 8.04. The number of hydrogen-bond acceptors (Lipinski definition) is 5. The van der Waals surface area contributed by atoms with Gasteiger partial charge in [-0.1, -0.05) is 67.1 Å².